The first-order valence-corrected chi connectivity index (χ1v) is 21.9. The van der Waals surface area contributed by atoms with Crippen LogP contribution in [0.25, 0.3) is 11.1 Å². The van der Waals surface area contributed by atoms with E-state index >= 15 is 0 Å². The average Bonchev–Trinajstić information content (AvgIpc) is 3.17. The number of fused-ring (bicyclic) bond motifs is 5. The van der Waals surface area contributed by atoms with Crippen LogP contribution >= 0.6 is 21.6 Å². The molecule has 5 aliphatic rings. The fourth-order valence-electron chi connectivity index (χ4n) is 9.97. The molecule has 8 rings (SSSR count). The van der Waals surface area contributed by atoms with E-state index in [-0.39, 0.29) is 71.4 Å². The zero-order valence-corrected chi connectivity index (χ0v) is 32.6. The molecule has 0 amide bonds. The molecule has 54 heavy (non-hydrogen) atoms. The van der Waals surface area contributed by atoms with E-state index in [9.17, 15) is 30.6 Å². The predicted molar refractivity (Wildman–Crippen MR) is 210 cm³/mol. The number of methoxy groups -OCH3 is 1. The summed E-state index contributed by atoms with van der Waals surface area (Å²) < 4.78 is 25.5. The van der Waals surface area contributed by atoms with Crippen LogP contribution in [0, 0.1) is 5.92 Å². The van der Waals surface area contributed by atoms with Crippen molar-refractivity contribution in [2.45, 2.75) is 112 Å². The maximum absolute atomic E-state index is 13.0. The van der Waals surface area contributed by atoms with Crippen LogP contribution in [-0.4, -0.2) is 80.8 Å². The second-order valence-corrected chi connectivity index (χ2v) is 18.5. The summed E-state index contributed by atoms with van der Waals surface area (Å²) in [6.45, 7) is 1.91. The van der Waals surface area contributed by atoms with Gasteiger partial charge in [-0.2, -0.15) is 0 Å². The zero-order chi connectivity index (χ0) is 37.7. The molecule has 0 spiro atoms. The van der Waals surface area contributed by atoms with Gasteiger partial charge in [-0.15, -0.1) is 0 Å². The van der Waals surface area contributed by atoms with E-state index in [1.54, 1.807) is 22.9 Å². The van der Waals surface area contributed by atoms with Crippen molar-refractivity contribution in [3.63, 3.8) is 0 Å². The van der Waals surface area contributed by atoms with Crippen molar-refractivity contribution in [2.24, 2.45) is 5.92 Å². The minimum Gasteiger partial charge on any atom is -0.508 e. The number of hydrogen-bond acceptors (Lipinski definition) is 12. The molecule has 2 fully saturated rings. The molecule has 3 aromatic rings. The topological polar surface area (TPSA) is 158 Å². The molecule has 12 heteroatoms. The first-order chi connectivity index (χ1) is 26.2. The van der Waals surface area contributed by atoms with Gasteiger partial charge in [-0.3, -0.25) is 0 Å². The summed E-state index contributed by atoms with van der Waals surface area (Å²) in [6.07, 6.45) is 7.44. The number of aliphatic hydroxyl groups excluding tert-OH is 3. The van der Waals surface area contributed by atoms with E-state index in [2.05, 4.69) is 6.92 Å². The normalized spacial score (nSPS) is 29.2. The first kappa shape index (κ1) is 37.7. The molecule has 4 bridgehead atoms. The largest absolute Gasteiger partial charge is 0.508 e. The molecule has 3 aliphatic carbocycles. The number of benzene rings is 3. The third-order valence-electron chi connectivity index (χ3n) is 12.6. The van der Waals surface area contributed by atoms with Crippen molar-refractivity contribution >= 4 is 21.6 Å². The van der Waals surface area contributed by atoms with Crippen LogP contribution in [0.2, 0.25) is 0 Å². The molecule has 2 heterocycles. The summed E-state index contributed by atoms with van der Waals surface area (Å²) in [5.74, 6) is 0.951. The summed E-state index contributed by atoms with van der Waals surface area (Å²) in [4.78, 5) is 0. The van der Waals surface area contributed by atoms with Crippen LogP contribution in [0.4, 0.5) is 0 Å². The Hall–Kier alpha value is -3.16. The van der Waals surface area contributed by atoms with Crippen molar-refractivity contribution in [2.75, 3.05) is 32.7 Å². The molecule has 3 aromatic carbocycles. The van der Waals surface area contributed by atoms with Crippen LogP contribution < -0.4 is 18.9 Å². The number of aliphatic hydroxyl groups is 3. The van der Waals surface area contributed by atoms with Gasteiger partial charge in [0.2, 0.25) is 11.5 Å². The molecule has 10 nitrogen and oxygen atoms in total. The summed E-state index contributed by atoms with van der Waals surface area (Å²) >= 11 is 0. The Balaban J connectivity index is 1.37. The average molecular weight is 781 g/mol. The molecule has 2 aliphatic heterocycles. The van der Waals surface area contributed by atoms with Gasteiger partial charge in [0.15, 0.2) is 17.1 Å². The summed E-state index contributed by atoms with van der Waals surface area (Å²) in [5, 5.41) is 68.2. The lowest BCUT2D eigenvalue weighted by Crippen LogP contribution is -2.57. The van der Waals surface area contributed by atoms with Crippen molar-refractivity contribution in [1.82, 2.24) is 0 Å². The third-order valence-corrected chi connectivity index (χ3v) is 15.6. The zero-order valence-electron chi connectivity index (χ0n) is 31.0. The minimum absolute atomic E-state index is 0.0213. The number of hydrogen-bond donors (Lipinski definition) is 6. The van der Waals surface area contributed by atoms with E-state index in [0.717, 1.165) is 84.9 Å². The maximum Gasteiger partial charge on any atom is 0.207 e. The molecular formula is C42H52O10S2. The number of ether oxygens (including phenoxy) is 4. The fraction of sp³-hybridized carbons (Fsp3) is 0.571. The maximum atomic E-state index is 13.0. The van der Waals surface area contributed by atoms with E-state index in [1.165, 1.54) is 7.11 Å². The molecule has 0 radical (unpaired) electrons. The summed E-state index contributed by atoms with van der Waals surface area (Å²) in [7, 11) is 5.00. The van der Waals surface area contributed by atoms with Crippen LogP contribution in [0.5, 0.6) is 40.2 Å². The lowest BCUT2D eigenvalue weighted by Gasteiger charge is -2.54. The number of phenolic OH excluding ortho intramolecular Hbond substituents is 3. The van der Waals surface area contributed by atoms with Crippen LogP contribution in [-0.2, 0) is 5.60 Å². The molecule has 7 atom stereocenters. The Kier molecular flexibility index (Phi) is 10.8. The molecule has 0 saturated heterocycles. The Morgan fingerprint density at radius 3 is 2.48 bits per heavy atom. The van der Waals surface area contributed by atoms with E-state index in [0.29, 0.717) is 30.3 Å². The van der Waals surface area contributed by atoms with Crippen molar-refractivity contribution in [3.05, 3.63) is 52.6 Å². The van der Waals surface area contributed by atoms with Gasteiger partial charge in [-0.25, -0.2) is 0 Å². The highest BCUT2D eigenvalue weighted by atomic mass is 33.1. The highest BCUT2D eigenvalue weighted by Gasteiger charge is 2.59. The highest BCUT2D eigenvalue weighted by molar-refractivity contribution is 8.76. The Labute approximate surface area is 324 Å². The predicted octanol–water partition coefficient (Wildman–Crippen LogP) is 7.83. The van der Waals surface area contributed by atoms with Crippen molar-refractivity contribution in [3.8, 4) is 51.4 Å². The van der Waals surface area contributed by atoms with Gasteiger partial charge >= 0.3 is 0 Å². The van der Waals surface area contributed by atoms with Gasteiger partial charge in [0.25, 0.3) is 0 Å². The minimum atomic E-state index is -1.45. The summed E-state index contributed by atoms with van der Waals surface area (Å²) in [6, 6.07) is 8.84. The lowest BCUT2D eigenvalue weighted by atomic mass is 9.62. The standard InChI is InChI=1S/C42H52O10S2/c1-22-8-10-25-27-18-23(45)9-11-26(27)34-30(50-16-15-43)20-31-36(35(34)28(25)21-44)37-33(54-53-17-13-22)12-14-42(52-31,41(37)48)29-19-32(39(47)40(49-2)38(29)46)51-24-6-4-3-5-7-24/h9,11,18-20,22,24-25,28,33,37,41,43-48H,3-8,10,12-17,21H2,1-2H3/t22-,25-,28+,33+,37-,41-,42+/m1/s1. The number of aromatic hydroxyl groups is 3. The van der Waals surface area contributed by atoms with E-state index < -0.39 is 23.5 Å². The number of rotatable bonds is 8. The molecule has 0 aromatic heterocycles. The lowest BCUT2D eigenvalue weighted by molar-refractivity contribution is -0.112. The molecule has 292 valence electrons. The Morgan fingerprint density at radius 2 is 1.72 bits per heavy atom. The van der Waals surface area contributed by atoms with E-state index in [1.807, 2.05) is 29.0 Å². The molecule has 0 unspecified atom stereocenters. The Morgan fingerprint density at radius 1 is 0.907 bits per heavy atom. The number of phenols is 3. The quantitative estimate of drug-likeness (QED) is 0.123. The fourth-order valence-corrected chi connectivity index (χ4v) is 13.1. The second-order valence-electron chi connectivity index (χ2n) is 15.8. The molecule has 6 N–H and O–H groups in total. The van der Waals surface area contributed by atoms with Gasteiger partial charge in [0, 0.05) is 45.6 Å². The second kappa shape index (κ2) is 15.4. The molecule has 2 saturated carbocycles. The van der Waals surface area contributed by atoms with Crippen LogP contribution in [0.1, 0.15) is 111 Å². The van der Waals surface area contributed by atoms with Crippen LogP contribution in [0.15, 0.2) is 30.3 Å². The summed E-state index contributed by atoms with van der Waals surface area (Å²) in [5.41, 5.74) is 3.12. The van der Waals surface area contributed by atoms with Gasteiger partial charge in [0.05, 0.1) is 26.4 Å². The monoisotopic (exact) mass is 780 g/mol. The van der Waals surface area contributed by atoms with Gasteiger partial charge in [-0.05, 0) is 98.1 Å². The first-order valence-electron chi connectivity index (χ1n) is 19.5. The Bertz CT molecular complexity index is 1860. The van der Waals surface area contributed by atoms with Gasteiger partial charge < -0.3 is 49.6 Å². The van der Waals surface area contributed by atoms with Gasteiger partial charge in [-0.1, -0.05) is 47.4 Å². The highest BCUT2D eigenvalue weighted by Crippen LogP contribution is 2.65. The van der Waals surface area contributed by atoms with Crippen molar-refractivity contribution < 1.29 is 49.6 Å². The van der Waals surface area contributed by atoms with E-state index in [4.69, 9.17) is 18.9 Å². The van der Waals surface area contributed by atoms with Gasteiger partial charge in [0.1, 0.15) is 30.0 Å². The SMILES string of the molecule is COc1c(O)c(OC2CCCCC2)cc([C@@]23CC[C@@H]4SSCC[C@H](C)CC[C@@H]5c6cc(O)ccc6-c6c(OCCO)cc(c(c6[C@H]5CO)[C@@H]4[C@H]2O)O3)c1O. The smallest absolute Gasteiger partial charge is 0.207 e. The van der Waals surface area contributed by atoms with Crippen LogP contribution in [0.3, 0.4) is 0 Å². The van der Waals surface area contributed by atoms with Crippen molar-refractivity contribution in [1.29, 1.82) is 0 Å². The third kappa shape index (κ3) is 6.33. The molecular weight excluding hydrogens is 729 g/mol.